The van der Waals surface area contributed by atoms with Gasteiger partial charge < -0.3 is 4.52 Å². The third-order valence-electron chi connectivity index (χ3n) is 4.15. The molecular formula is C16H18FN5O. The number of rotatable bonds is 3. The number of hydrogen-bond acceptors (Lipinski definition) is 6. The average Bonchev–Trinajstić information content (AvgIpc) is 2.97. The summed E-state index contributed by atoms with van der Waals surface area (Å²) in [7, 11) is 2.03. The van der Waals surface area contributed by atoms with E-state index in [9.17, 15) is 9.65 Å². The van der Waals surface area contributed by atoms with Crippen molar-refractivity contribution in [2.24, 2.45) is 0 Å². The molecule has 0 bridgehead atoms. The van der Waals surface area contributed by atoms with Crippen molar-refractivity contribution in [3.8, 4) is 6.07 Å². The van der Waals surface area contributed by atoms with Gasteiger partial charge in [-0.2, -0.15) is 10.2 Å². The second-order valence-electron chi connectivity index (χ2n) is 5.82. The number of halogens is 1. The van der Waals surface area contributed by atoms with Gasteiger partial charge in [-0.3, -0.25) is 9.80 Å². The first-order valence-corrected chi connectivity index (χ1v) is 7.48. The zero-order chi connectivity index (χ0) is 16.4. The normalized spacial score (nSPS) is 19.7. The smallest absolute Gasteiger partial charge is 0.245 e. The van der Waals surface area contributed by atoms with Crippen molar-refractivity contribution in [1.29, 1.82) is 5.26 Å². The predicted octanol–water partition coefficient (Wildman–Crippen LogP) is 1.88. The lowest BCUT2D eigenvalue weighted by Crippen LogP contribution is -2.46. The molecule has 1 aliphatic heterocycles. The molecule has 1 aromatic heterocycles. The maximum absolute atomic E-state index is 13.3. The first kappa shape index (κ1) is 15.6. The Hall–Kier alpha value is -2.30. The highest BCUT2D eigenvalue weighted by Gasteiger charge is 2.30. The zero-order valence-corrected chi connectivity index (χ0v) is 13.2. The molecule has 0 saturated carbocycles. The third kappa shape index (κ3) is 3.38. The van der Waals surface area contributed by atoms with E-state index < -0.39 is 0 Å². The van der Waals surface area contributed by atoms with Crippen LogP contribution in [0.4, 0.5) is 4.39 Å². The van der Waals surface area contributed by atoms with Gasteiger partial charge in [0.15, 0.2) is 5.82 Å². The minimum Gasteiger partial charge on any atom is -0.338 e. The molecule has 0 aliphatic carbocycles. The number of aryl methyl sites for hydroxylation is 1. The molecule has 1 fully saturated rings. The highest BCUT2D eigenvalue weighted by atomic mass is 19.1. The second-order valence-corrected chi connectivity index (χ2v) is 5.82. The van der Waals surface area contributed by atoms with Crippen LogP contribution in [0.25, 0.3) is 0 Å². The number of nitrogens with zero attached hydrogens (tertiary/aromatic N) is 5. The van der Waals surface area contributed by atoms with Gasteiger partial charge in [0.1, 0.15) is 11.9 Å². The van der Waals surface area contributed by atoms with Crippen LogP contribution in [0.3, 0.4) is 0 Å². The van der Waals surface area contributed by atoms with Gasteiger partial charge in [0.25, 0.3) is 0 Å². The van der Waals surface area contributed by atoms with Gasteiger partial charge in [0.05, 0.1) is 11.6 Å². The summed E-state index contributed by atoms with van der Waals surface area (Å²) in [4.78, 5) is 8.72. The van der Waals surface area contributed by atoms with Crippen molar-refractivity contribution in [2.75, 3.05) is 26.7 Å². The molecule has 1 atom stereocenters. The Kier molecular flexibility index (Phi) is 4.37. The predicted molar refractivity (Wildman–Crippen MR) is 80.8 cm³/mol. The molecule has 2 heterocycles. The summed E-state index contributed by atoms with van der Waals surface area (Å²) in [6.45, 7) is 4.84. The number of benzene rings is 1. The average molecular weight is 315 g/mol. The Morgan fingerprint density at radius 3 is 2.96 bits per heavy atom. The molecule has 0 spiro atoms. The van der Waals surface area contributed by atoms with Crippen LogP contribution < -0.4 is 0 Å². The molecule has 120 valence electrons. The summed E-state index contributed by atoms with van der Waals surface area (Å²) in [6, 6.07) is 6.44. The molecule has 3 rings (SSSR count). The summed E-state index contributed by atoms with van der Waals surface area (Å²) < 4.78 is 18.6. The maximum Gasteiger partial charge on any atom is 0.245 e. The molecule has 0 amide bonds. The molecule has 1 saturated heterocycles. The third-order valence-corrected chi connectivity index (χ3v) is 4.15. The quantitative estimate of drug-likeness (QED) is 0.861. The van der Waals surface area contributed by atoms with E-state index in [1.807, 2.05) is 7.05 Å². The molecule has 6 nitrogen and oxygen atoms in total. The summed E-state index contributed by atoms with van der Waals surface area (Å²) >= 11 is 0. The minimum atomic E-state index is -0.386. The number of aromatic nitrogens is 2. The highest BCUT2D eigenvalue weighted by molar-refractivity contribution is 5.37. The molecule has 7 heteroatoms. The number of piperazine rings is 1. The van der Waals surface area contributed by atoms with Crippen molar-refractivity contribution >= 4 is 0 Å². The summed E-state index contributed by atoms with van der Waals surface area (Å²) in [5.41, 5.74) is 1.22. The van der Waals surface area contributed by atoms with Crippen LogP contribution in [-0.2, 0) is 6.54 Å². The fourth-order valence-corrected chi connectivity index (χ4v) is 2.82. The minimum absolute atomic E-state index is 0.0240. The second kappa shape index (κ2) is 6.44. The Morgan fingerprint density at radius 1 is 1.43 bits per heavy atom. The molecule has 1 aliphatic rings. The lowest BCUT2D eigenvalue weighted by molar-refractivity contribution is 0.0714. The Morgan fingerprint density at radius 2 is 2.26 bits per heavy atom. The van der Waals surface area contributed by atoms with E-state index in [0.717, 1.165) is 25.2 Å². The van der Waals surface area contributed by atoms with E-state index in [4.69, 9.17) is 4.52 Å². The Balaban J connectivity index is 1.76. The number of likely N-dealkylation sites (N-methyl/N-ethyl adjacent to an activating group) is 1. The number of hydrogen-bond donors (Lipinski definition) is 0. The van der Waals surface area contributed by atoms with Crippen molar-refractivity contribution in [1.82, 2.24) is 19.9 Å². The van der Waals surface area contributed by atoms with E-state index in [0.29, 0.717) is 23.8 Å². The fraction of sp³-hybridized carbons (Fsp3) is 0.438. The molecule has 1 aromatic carbocycles. The van der Waals surface area contributed by atoms with Crippen molar-refractivity contribution in [3.05, 3.63) is 46.9 Å². The van der Waals surface area contributed by atoms with Crippen LogP contribution in [0.5, 0.6) is 0 Å². The monoisotopic (exact) mass is 315 g/mol. The standard InChI is InChI=1S/C16H18FN5O/c1-11-19-16(23-20-11)15-10-22(6-5-21(15)2)9-12-3-4-14(17)7-13(12)8-18/h3-4,7,15H,5-6,9-10H2,1-2H3. The van der Waals surface area contributed by atoms with Crippen LogP contribution in [0, 0.1) is 24.1 Å². The fourth-order valence-electron chi connectivity index (χ4n) is 2.82. The first-order valence-electron chi connectivity index (χ1n) is 7.48. The molecule has 0 radical (unpaired) electrons. The SMILES string of the molecule is Cc1noc(C2CN(Cc3ccc(F)cc3C#N)CCN2C)n1. The Bertz CT molecular complexity index is 738. The summed E-state index contributed by atoms with van der Waals surface area (Å²) in [5, 5.41) is 13.0. The lowest BCUT2D eigenvalue weighted by atomic mass is 10.1. The van der Waals surface area contributed by atoms with Gasteiger partial charge in [-0.25, -0.2) is 4.39 Å². The molecule has 23 heavy (non-hydrogen) atoms. The maximum atomic E-state index is 13.3. The van der Waals surface area contributed by atoms with E-state index in [2.05, 4.69) is 26.0 Å². The lowest BCUT2D eigenvalue weighted by Gasteiger charge is -2.37. The highest BCUT2D eigenvalue weighted by Crippen LogP contribution is 2.24. The topological polar surface area (TPSA) is 69.2 Å². The largest absolute Gasteiger partial charge is 0.338 e. The molecule has 0 N–H and O–H groups in total. The van der Waals surface area contributed by atoms with Gasteiger partial charge in [0.2, 0.25) is 5.89 Å². The van der Waals surface area contributed by atoms with Crippen LogP contribution in [0.15, 0.2) is 22.7 Å². The van der Waals surface area contributed by atoms with Gasteiger partial charge in [-0.15, -0.1) is 0 Å². The van der Waals surface area contributed by atoms with Gasteiger partial charge >= 0.3 is 0 Å². The van der Waals surface area contributed by atoms with E-state index >= 15 is 0 Å². The van der Waals surface area contributed by atoms with Crippen LogP contribution in [-0.4, -0.2) is 46.6 Å². The summed E-state index contributed by atoms with van der Waals surface area (Å²) in [6.07, 6.45) is 0. The van der Waals surface area contributed by atoms with Crippen molar-refractivity contribution in [3.63, 3.8) is 0 Å². The van der Waals surface area contributed by atoms with E-state index in [1.165, 1.54) is 12.1 Å². The van der Waals surface area contributed by atoms with Gasteiger partial charge in [0, 0.05) is 26.2 Å². The van der Waals surface area contributed by atoms with Gasteiger partial charge in [-0.1, -0.05) is 11.2 Å². The van der Waals surface area contributed by atoms with Crippen LogP contribution in [0.2, 0.25) is 0 Å². The zero-order valence-electron chi connectivity index (χ0n) is 13.2. The molecular weight excluding hydrogens is 297 g/mol. The van der Waals surface area contributed by atoms with Gasteiger partial charge in [-0.05, 0) is 31.7 Å². The van der Waals surface area contributed by atoms with Crippen LogP contribution >= 0.6 is 0 Å². The molecule has 2 aromatic rings. The van der Waals surface area contributed by atoms with E-state index in [-0.39, 0.29) is 11.9 Å². The number of nitriles is 1. The van der Waals surface area contributed by atoms with Crippen LogP contribution in [0.1, 0.15) is 28.9 Å². The van der Waals surface area contributed by atoms with E-state index in [1.54, 1.807) is 13.0 Å². The molecule has 1 unspecified atom stereocenters. The van der Waals surface area contributed by atoms with Crippen molar-refractivity contribution < 1.29 is 8.91 Å². The van der Waals surface area contributed by atoms with Crippen molar-refractivity contribution in [2.45, 2.75) is 19.5 Å². The summed E-state index contributed by atoms with van der Waals surface area (Å²) in [5.74, 6) is 0.841. The Labute approximate surface area is 134 Å². The first-order chi connectivity index (χ1) is 11.1.